The molecule has 0 aliphatic heterocycles. The molecule has 0 aromatic heterocycles. The summed E-state index contributed by atoms with van der Waals surface area (Å²) in [4.78, 5) is 11.4. The average molecular weight is 278 g/mol. The Morgan fingerprint density at radius 1 is 1.37 bits per heavy atom. The summed E-state index contributed by atoms with van der Waals surface area (Å²) in [6.07, 6.45) is -4.45. The average Bonchev–Trinajstić information content (AvgIpc) is 2.29. The number of carbonyl (C=O) groups is 1. The monoisotopic (exact) mass is 278 g/mol. The van der Waals surface area contributed by atoms with Gasteiger partial charge in [0.25, 0.3) is 0 Å². The molecule has 0 fully saturated rings. The SMILES string of the molecule is Cc1ccc(NC(C)C(=O)NCC(F)(F)F)cc1F. The Hall–Kier alpha value is -1.79. The smallest absolute Gasteiger partial charge is 0.374 e. The zero-order chi connectivity index (χ0) is 14.6. The number of halogens is 4. The third-order valence-electron chi connectivity index (χ3n) is 2.41. The highest BCUT2D eigenvalue weighted by Crippen LogP contribution is 2.15. The normalized spacial score (nSPS) is 12.9. The predicted molar refractivity (Wildman–Crippen MR) is 63.3 cm³/mol. The van der Waals surface area contributed by atoms with Gasteiger partial charge in [0.1, 0.15) is 18.4 Å². The number of aryl methyl sites for hydroxylation is 1. The van der Waals surface area contributed by atoms with E-state index in [0.717, 1.165) is 0 Å². The molecule has 0 heterocycles. The molecule has 106 valence electrons. The lowest BCUT2D eigenvalue weighted by Crippen LogP contribution is -2.42. The fourth-order valence-electron chi connectivity index (χ4n) is 1.34. The Kier molecular flexibility index (Phi) is 4.74. The molecule has 3 nitrogen and oxygen atoms in total. The number of carbonyl (C=O) groups excluding carboxylic acids is 1. The summed E-state index contributed by atoms with van der Waals surface area (Å²) in [6.45, 7) is 1.59. The zero-order valence-electron chi connectivity index (χ0n) is 10.4. The van der Waals surface area contributed by atoms with E-state index >= 15 is 0 Å². The molecule has 1 amide bonds. The van der Waals surface area contributed by atoms with Crippen molar-refractivity contribution in [3.05, 3.63) is 29.6 Å². The molecule has 0 aliphatic carbocycles. The quantitative estimate of drug-likeness (QED) is 0.831. The molecule has 1 atom stereocenters. The van der Waals surface area contributed by atoms with Crippen LogP contribution in [0.4, 0.5) is 23.2 Å². The number of nitrogens with one attached hydrogen (secondary N) is 2. The molecule has 0 radical (unpaired) electrons. The Morgan fingerprint density at radius 3 is 2.53 bits per heavy atom. The van der Waals surface area contributed by atoms with E-state index in [0.29, 0.717) is 11.3 Å². The second-order valence-corrected chi connectivity index (χ2v) is 4.16. The Bertz CT molecular complexity index is 460. The summed E-state index contributed by atoms with van der Waals surface area (Å²) >= 11 is 0. The first-order chi connectivity index (χ1) is 8.69. The fraction of sp³-hybridized carbons (Fsp3) is 0.417. The van der Waals surface area contributed by atoms with Crippen LogP contribution in [0.25, 0.3) is 0 Å². The van der Waals surface area contributed by atoms with Crippen LogP contribution in [-0.2, 0) is 4.79 Å². The summed E-state index contributed by atoms with van der Waals surface area (Å²) in [7, 11) is 0. The van der Waals surface area contributed by atoms with Gasteiger partial charge in [0, 0.05) is 5.69 Å². The van der Waals surface area contributed by atoms with Crippen molar-refractivity contribution in [1.29, 1.82) is 0 Å². The van der Waals surface area contributed by atoms with Gasteiger partial charge in [-0.25, -0.2) is 4.39 Å². The summed E-state index contributed by atoms with van der Waals surface area (Å²) < 4.78 is 49.0. The van der Waals surface area contributed by atoms with Gasteiger partial charge >= 0.3 is 6.18 Å². The Morgan fingerprint density at radius 2 is 2.00 bits per heavy atom. The van der Waals surface area contributed by atoms with Crippen LogP contribution >= 0.6 is 0 Å². The van der Waals surface area contributed by atoms with E-state index in [-0.39, 0.29) is 0 Å². The van der Waals surface area contributed by atoms with Gasteiger partial charge in [-0.15, -0.1) is 0 Å². The molecule has 1 rings (SSSR count). The van der Waals surface area contributed by atoms with Crippen molar-refractivity contribution in [2.45, 2.75) is 26.1 Å². The molecule has 1 aromatic rings. The standard InChI is InChI=1S/C12H14F4N2O/c1-7-3-4-9(5-10(7)13)18-8(2)11(19)17-6-12(14,15)16/h3-5,8,18H,6H2,1-2H3,(H,17,19). The molecule has 2 N–H and O–H groups in total. The third-order valence-corrected chi connectivity index (χ3v) is 2.41. The molecule has 0 aliphatic rings. The number of rotatable bonds is 4. The summed E-state index contributed by atoms with van der Waals surface area (Å²) in [5.41, 5.74) is 0.775. The first-order valence-corrected chi connectivity index (χ1v) is 5.56. The first kappa shape index (κ1) is 15.3. The second-order valence-electron chi connectivity index (χ2n) is 4.16. The lowest BCUT2D eigenvalue weighted by molar-refractivity contribution is -0.138. The fourth-order valence-corrected chi connectivity index (χ4v) is 1.34. The minimum atomic E-state index is -4.45. The zero-order valence-corrected chi connectivity index (χ0v) is 10.4. The predicted octanol–water partition coefficient (Wildman–Crippen LogP) is 2.61. The van der Waals surface area contributed by atoms with E-state index in [1.165, 1.54) is 19.1 Å². The van der Waals surface area contributed by atoms with Crippen LogP contribution < -0.4 is 10.6 Å². The molecule has 1 unspecified atom stereocenters. The van der Waals surface area contributed by atoms with Gasteiger partial charge in [0.2, 0.25) is 5.91 Å². The number of benzene rings is 1. The van der Waals surface area contributed by atoms with Crippen molar-refractivity contribution in [2.24, 2.45) is 0 Å². The molecule has 0 saturated carbocycles. The van der Waals surface area contributed by atoms with Crippen molar-refractivity contribution >= 4 is 11.6 Å². The molecule has 1 aromatic carbocycles. The summed E-state index contributed by atoms with van der Waals surface area (Å²) in [5.74, 6) is -1.26. The van der Waals surface area contributed by atoms with E-state index < -0.39 is 30.5 Å². The highest BCUT2D eigenvalue weighted by molar-refractivity contribution is 5.84. The van der Waals surface area contributed by atoms with Gasteiger partial charge < -0.3 is 10.6 Å². The van der Waals surface area contributed by atoms with E-state index in [9.17, 15) is 22.4 Å². The van der Waals surface area contributed by atoms with Crippen LogP contribution in [0.3, 0.4) is 0 Å². The van der Waals surface area contributed by atoms with E-state index in [4.69, 9.17) is 0 Å². The van der Waals surface area contributed by atoms with Gasteiger partial charge in [-0.3, -0.25) is 4.79 Å². The van der Waals surface area contributed by atoms with Crippen LogP contribution in [0.15, 0.2) is 18.2 Å². The van der Waals surface area contributed by atoms with Gasteiger partial charge in [-0.1, -0.05) is 6.07 Å². The number of alkyl halides is 3. The van der Waals surface area contributed by atoms with E-state index in [2.05, 4.69) is 5.32 Å². The molecule has 7 heteroatoms. The molecule has 0 saturated heterocycles. The lowest BCUT2D eigenvalue weighted by atomic mass is 10.2. The molecule has 19 heavy (non-hydrogen) atoms. The summed E-state index contributed by atoms with van der Waals surface area (Å²) in [5, 5.41) is 4.37. The van der Waals surface area contributed by atoms with Crippen molar-refractivity contribution < 1.29 is 22.4 Å². The highest BCUT2D eigenvalue weighted by Gasteiger charge is 2.28. The second kappa shape index (κ2) is 5.90. The minimum absolute atomic E-state index is 0.331. The molecule has 0 bridgehead atoms. The third kappa shape index (κ3) is 5.15. The number of hydrogen-bond donors (Lipinski definition) is 2. The maximum absolute atomic E-state index is 13.2. The summed E-state index contributed by atoms with van der Waals surface area (Å²) in [6, 6.07) is 3.34. The van der Waals surface area contributed by atoms with Crippen LogP contribution in [0.5, 0.6) is 0 Å². The maximum Gasteiger partial charge on any atom is 0.405 e. The number of amides is 1. The van der Waals surface area contributed by atoms with Crippen molar-refractivity contribution in [1.82, 2.24) is 5.32 Å². The highest BCUT2D eigenvalue weighted by atomic mass is 19.4. The van der Waals surface area contributed by atoms with Crippen molar-refractivity contribution in [3.8, 4) is 0 Å². The van der Waals surface area contributed by atoms with Gasteiger partial charge in [-0.05, 0) is 31.5 Å². The number of anilines is 1. The largest absolute Gasteiger partial charge is 0.405 e. The molecular weight excluding hydrogens is 264 g/mol. The first-order valence-electron chi connectivity index (χ1n) is 5.56. The van der Waals surface area contributed by atoms with Gasteiger partial charge in [-0.2, -0.15) is 13.2 Å². The van der Waals surface area contributed by atoms with Crippen LogP contribution in [0.1, 0.15) is 12.5 Å². The van der Waals surface area contributed by atoms with E-state index in [1.54, 1.807) is 18.3 Å². The molecular formula is C12H14F4N2O. The maximum atomic E-state index is 13.2. The topological polar surface area (TPSA) is 41.1 Å². The lowest BCUT2D eigenvalue weighted by Gasteiger charge is -2.16. The Labute approximate surface area is 108 Å². The van der Waals surface area contributed by atoms with Gasteiger partial charge in [0.15, 0.2) is 0 Å². The van der Waals surface area contributed by atoms with Gasteiger partial charge in [0.05, 0.1) is 0 Å². The van der Waals surface area contributed by atoms with Crippen molar-refractivity contribution in [2.75, 3.05) is 11.9 Å². The van der Waals surface area contributed by atoms with Crippen LogP contribution in [-0.4, -0.2) is 24.7 Å². The minimum Gasteiger partial charge on any atom is -0.374 e. The number of hydrogen-bond acceptors (Lipinski definition) is 2. The van der Waals surface area contributed by atoms with E-state index in [1.807, 2.05) is 0 Å². The van der Waals surface area contributed by atoms with Crippen LogP contribution in [0.2, 0.25) is 0 Å². The van der Waals surface area contributed by atoms with Crippen molar-refractivity contribution in [3.63, 3.8) is 0 Å². The molecule has 0 spiro atoms. The van der Waals surface area contributed by atoms with Crippen LogP contribution in [0, 0.1) is 12.7 Å². The Balaban J connectivity index is 2.56.